The fourth-order valence-electron chi connectivity index (χ4n) is 5.89. The van der Waals surface area contributed by atoms with Gasteiger partial charge in [-0.3, -0.25) is 4.98 Å². The van der Waals surface area contributed by atoms with Gasteiger partial charge in [-0.05, 0) is 83.7 Å². The molecule has 6 aromatic carbocycles. The maximum absolute atomic E-state index is 4.79. The summed E-state index contributed by atoms with van der Waals surface area (Å²) in [4.78, 5) is 4.79. The van der Waals surface area contributed by atoms with Crippen LogP contribution in [0.4, 0.5) is 0 Å². The molecule has 38 heavy (non-hydrogen) atoms. The van der Waals surface area contributed by atoms with Gasteiger partial charge in [-0.15, -0.1) is 0 Å². The van der Waals surface area contributed by atoms with Gasteiger partial charge in [0.05, 0.1) is 5.69 Å². The molecule has 1 heteroatoms. The third-order valence-corrected chi connectivity index (χ3v) is 7.83. The molecule has 0 unspecified atom stereocenters. The summed E-state index contributed by atoms with van der Waals surface area (Å²) in [5.74, 6) is 0. The van der Waals surface area contributed by atoms with Crippen LogP contribution < -0.4 is 0 Å². The number of nitrogens with zero attached hydrogens (tertiary/aromatic N) is 1. The van der Waals surface area contributed by atoms with Gasteiger partial charge in [0.15, 0.2) is 0 Å². The maximum Gasteiger partial charge on any atom is 0.0708 e. The summed E-state index contributed by atoms with van der Waals surface area (Å²) in [6, 6.07) is 42.0. The van der Waals surface area contributed by atoms with Crippen LogP contribution in [-0.4, -0.2) is 4.98 Å². The normalized spacial score (nSPS) is 12.1. The molecule has 1 aromatic heterocycles. The monoisotopic (exact) mass is 487 g/mol. The van der Waals surface area contributed by atoms with Gasteiger partial charge in [-0.25, -0.2) is 0 Å². The number of pyridine rings is 1. The fourth-order valence-corrected chi connectivity index (χ4v) is 5.89. The molecule has 7 aromatic rings. The highest BCUT2D eigenvalue weighted by atomic mass is 14.7. The van der Waals surface area contributed by atoms with E-state index in [1.165, 1.54) is 65.7 Å². The zero-order valence-electron chi connectivity index (χ0n) is 22.0. The van der Waals surface area contributed by atoms with Crippen molar-refractivity contribution < 1.29 is 0 Å². The zero-order chi connectivity index (χ0) is 25.9. The second-order valence-corrected chi connectivity index (χ2v) is 11.2. The predicted octanol–water partition coefficient (Wildman–Crippen LogP) is 10.3. The summed E-state index contributed by atoms with van der Waals surface area (Å²) in [7, 11) is 0. The second-order valence-electron chi connectivity index (χ2n) is 11.2. The van der Waals surface area contributed by atoms with Crippen LogP contribution in [0, 0.1) is 0 Å². The number of hydrogen-bond donors (Lipinski definition) is 0. The van der Waals surface area contributed by atoms with Gasteiger partial charge in [-0.2, -0.15) is 0 Å². The molecule has 0 spiro atoms. The van der Waals surface area contributed by atoms with E-state index in [0.29, 0.717) is 0 Å². The van der Waals surface area contributed by atoms with Crippen molar-refractivity contribution in [2.45, 2.75) is 26.2 Å². The highest BCUT2D eigenvalue weighted by molar-refractivity contribution is 6.28. The number of rotatable bonds is 3. The molecule has 182 valence electrons. The van der Waals surface area contributed by atoms with Crippen LogP contribution >= 0.6 is 0 Å². The summed E-state index contributed by atoms with van der Waals surface area (Å²) in [5, 5.41) is 7.79. The van der Waals surface area contributed by atoms with Crippen LogP contribution in [0.3, 0.4) is 0 Å². The molecule has 0 fully saturated rings. The Bertz CT molecular complexity index is 1910. The van der Waals surface area contributed by atoms with E-state index in [0.717, 1.165) is 5.69 Å². The van der Waals surface area contributed by atoms with Crippen LogP contribution in [-0.2, 0) is 5.41 Å². The first-order chi connectivity index (χ1) is 18.5. The Kier molecular flexibility index (Phi) is 5.09. The van der Waals surface area contributed by atoms with E-state index in [1.54, 1.807) is 0 Å². The minimum Gasteiger partial charge on any atom is -0.256 e. The SMILES string of the molecule is CC(C)(C)c1cc2ccc3c(-c4ccccn4)cc(-c4ccccc4-c4ccccc4)c4ccc(c1)c2c34. The summed E-state index contributed by atoms with van der Waals surface area (Å²) in [6.45, 7) is 6.87. The van der Waals surface area contributed by atoms with Gasteiger partial charge in [0, 0.05) is 11.8 Å². The quantitative estimate of drug-likeness (QED) is 0.226. The first-order valence-corrected chi connectivity index (χ1v) is 13.3. The lowest BCUT2D eigenvalue weighted by Gasteiger charge is -2.23. The molecular formula is C37H29N. The Labute approximate surface area is 223 Å². The lowest BCUT2D eigenvalue weighted by atomic mass is 9.81. The van der Waals surface area contributed by atoms with E-state index in [-0.39, 0.29) is 5.41 Å². The number of benzene rings is 6. The summed E-state index contributed by atoms with van der Waals surface area (Å²) >= 11 is 0. The van der Waals surface area contributed by atoms with E-state index in [9.17, 15) is 0 Å². The first kappa shape index (κ1) is 22.7. The standard InChI is InChI=1S/C37H29N/c1-37(2,3)27-21-25-16-18-30-32(29-14-8-7-13-28(29)24-11-5-4-6-12-24)23-33(34-15-9-10-20-38-34)31-19-17-26(22-27)35(25)36(30)31/h4-23H,1-3H3. The zero-order valence-corrected chi connectivity index (χ0v) is 22.0. The molecule has 7 rings (SSSR count). The average molecular weight is 488 g/mol. The molecule has 0 aliphatic rings. The van der Waals surface area contributed by atoms with Crippen molar-refractivity contribution in [1.29, 1.82) is 0 Å². The van der Waals surface area contributed by atoms with E-state index >= 15 is 0 Å². The first-order valence-electron chi connectivity index (χ1n) is 13.3. The van der Waals surface area contributed by atoms with Crippen LogP contribution in [0.25, 0.3) is 65.8 Å². The van der Waals surface area contributed by atoms with Crippen molar-refractivity contribution >= 4 is 32.3 Å². The smallest absolute Gasteiger partial charge is 0.0708 e. The minimum absolute atomic E-state index is 0.0867. The lowest BCUT2D eigenvalue weighted by Crippen LogP contribution is -2.10. The lowest BCUT2D eigenvalue weighted by molar-refractivity contribution is 0.591. The number of aromatic nitrogens is 1. The maximum atomic E-state index is 4.79. The van der Waals surface area contributed by atoms with Crippen molar-refractivity contribution in [3.8, 4) is 33.5 Å². The van der Waals surface area contributed by atoms with Crippen molar-refractivity contribution in [3.05, 3.63) is 127 Å². The third-order valence-electron chi connectivity index (χ3n) is 7.83. The summed E-state index contributed by atoms with van der Waals surface area (Å²) in [6.07, 6.45) is 1.89. The van der Waals surface area contributed by atoms with Crippen LogP contribution in [0.2, 0.25) is 0 Å². The summed E-state index contributed by atoms with van der Waals surface area (Å²) < 4.78 is 0. The Hall–Kier alpha value is -4.49. The van der Waals surface area contributed by atoms with Crippen LogP contribution in [0.5, 0.6) is 0 Å². The van der Waals surface area contributed by atoms with Gasteiger partial charge < -0.3 is 0 Å². The Morgan fingerprint density at radius 2 is 1.13 bits per heavy atom. The van der Waals surface area contributed by atoms with Gasteiger partial charge in [0.2, 0.25) is 0 Å². The Balaban J connectivity index is 1.64. The van der Waals surface area contributed by atoms with Crippen LogP contribution in [0.15, 0.2) is 121 Å². The van der Waals surface area contributed by atoms with Gasteiger partial charge in [-0.1, -0.05) is 118 Å². The van der Waals surface area contributed by atoms with E-state index in [4.69, 9.17) is 4.98 Å². The second kappa shape index (κ2) is 8.53. The van der Waals surface area contributed by atoms with E-state index < -0.39 is 0 Å². The van der Waals surface area contributed by atoms with E-state index in [1.807, 2.05) is 12.3 Å². The minimum atomic E-state index is 0.0867. The Morgan fingerprint density at radius 1 is 0.500 bits per heavy atom. The molecule has 0 atom stereocenters. The molecule has 0 saturated carbocycles. The highest BCUT2D eigenvalue weighted by Gasteiger charge is 2.21. The van der Waals surface area contributed by atoms with Crippen molar-refractivity contribution in [2.24, 2.45) is 0 Å². The predicted molar refractivity (Wildman–Crippen MR) is 163 cm³/mol. The van der Waals surface area contributed by atoms with E-state index in [2.05, 4.69) is 130 Å². The van der Waals surface area contributed by atoms with Crippen molar-refractivity contribution in [3.63, 3.8) is 0 Å². The molecule has 1 nitrogen and oxygen atoms in total. The Morgan fingerprint density at radius 3 is 1.79 bits per heavy atom. The van der Waals surface area contributed by atoms with Gasteiger partial charge >= 0.3 is 0 Å². The topological polar surface area (TPSA) is 12.9 Å². The number of hydrogen-bond acceptors (Lipinski definition) is 1. The molecule has 0 saturated heterocycles. The molecule has 0 N–H and O–H groups in total. The average Bonchev–Trinajstić information content (AvgIpc) is 2.96. The van der Waals surface area contributed by atoms with Gasteiger partial charge in [0.25, 0.3) is 0 Å². The van der Waals surface area contributed by atoms with Crippen LogP contribution in [0.1, 0.15) is 26.3 Å². The largest absolute Gasteiger partial charge is 0.256 e. The molecule has 1 heterocycles. The van der Waals surface area contributed by atoms with Gasteiger partial charge in [0.1, 0.15) is 0 Å². The molecule has 0 aliphatic heterocycles. The highest BCUT2D eigenvalue weighted by Crippen LogP contribution is 2.46. The fraction of sp³-hybridized carbons (Fsp3) is 0.108. The third kappa shape index (κ3) is 3.58. The van der Waals surface area contributed by atoms with Crippen molar-refractivity contribution in [1.82, 2.24) is 4.98 Å². The molecule has 0 radical (unpaired) electrons. The summed E-state index contributed by atoms with van der Waals surface area (Å²) in [5.41, 5.74) is 8.57. The molecular weight excluding hydrogens is 458 g/mol. The molecule has 0 aliphatic carbocycles. The molecule has 0 bridgehead atoms. The molecule has 0 amide bonds. The van der Waals surface area contributed by atoms with Crippen molar-refractivity contribution in [2.75, 3.05) is 0 Å².